The van der Waals surface area contributed by atoms with E-state index in [1.165, 1.54) is 32.4 Å². The van der Waals surface area contributed by atoms with Crippen LogP contribution >= 0.6 is 7.60 Å². The van der Waals surface area contributed by atoms with Crippen LogP contribution in [0.1, 0.15) is 95.8 Å². The molecule has 0 aliphatic heterocycles. The maximum absolute atomic E-state index is 13.5. The summed E-state index contributed by atoms with van der Waals surface area (Å²) in [5, 5.41) is 0.243. The SMILES string of the molecule is CCOP(=O)(OCC)c1cc(C(=O)O[C@H]2CC[C@@]3(C)C(CC[C@H]4[C@@H]5CC(=O)C[C@@]5(C)CC[C@@H]43)C2)ccc1OC. The van der Waals surface area contributed by atoms with E-state index >= 15 is 0 Å². The van der Waals surface area contributed by atoms with Crippen molar-refractivity contribution in [3.8, 4) is 5.75 Å². The Kier molecular flexibility index (Phi) is 8.09. The van der Waals surface area contributed by atoms with Gasteiger partial charge in [0, 0.05) is 12.8 Å². The molecule has 4 fully saturated rings. The fraction of sp³-hybridized carbons (Fsp3) is 0.742. The summed E-state index contributed by atoms with van der Waals surface area (Å²) in [4.78, 5) is 25.7. The van der Waals surface area contributed by atoms with E-state index in [1.807, 2.05) is 0 Å². The summed E-state index contributed by atoms with van der Waals surface area (Å²) in [5.74, 6) is 2.78. The van der Waals surface area contributed by atoms with Crippen LogP contribution in [0.25, 0.3) is 0 Å². The summed E-state index contributed by atoms with van der Waals surface area (Å²) in [7, 11) is -2.16. The number of carbonyl (C=O) groups is 2. The molecule has 8 heteroatoms. The van der Waals surface area contributed by atoms with Crippen molar-refractivity contribution in [3.05, 3.63) is 23.8 Å². The van der Waals surface area contributed by atoms with Crippen molar-refractivity contribution in [1.82, 2.24) is 0 Å². The Morgan fingerprint density at radius 2 is 1.77 bits per heavy atom. The van der Waals surface area contributed by atoms with Crippen LogP contribution < -0.4 is 10.0 Å². The molecule has 0 radical (unpaired) electrons. The third-order valence-corrected chi connectivity index (χ3v) is 12.9. The maximum atomic E-state index is 13.5. The zero-order valence-corrected chi connectivity index (χ0v) is 25.1. The van der Waals surface area contributed by atoms with Gasteiger partial charge in [0.1, 0.15) is 22.9 Å². The first-order valence-corrected chi connectivity index (χ1v) is 16.4. The number of hydrogen-bond donors (Lipinski definition) is 0. The van der Waals surface area contributed by atoms with Gasteiger partial charge in [-0.2, -0.15) is 0 Å². The third-order valence-electron chi connectivity index (χ3n) is 10.8. The minimum absolute atomic E-state index is 0.134. The topological polar surface area (TPSA) is 88.1 Å². The van der Waals surface area contributed by atoms with Gasteiger partial charge >= 0.3 is 13.6 Å². The lowest BCUT2D eigenvalue weighted by atomic mass is 9.45. The number of hydrogen-bond acceptors (Lipinski definition) is 7. The first-order chi connectivity index (χ1) is 18.6. The van der Waals surface area contributed by atoms with E-state index in [1.54, 1.807) is 26.0 Å². The normalized spacial score (nSPS) is 36.0. The molecular weight excluding hydrogens is 515 g/mol. The summed E-state index contributed by atoms with van der Waals surface area (Å²) in [6, 6.07) is 4.81. The molecule has 0 spiro atoms. The Morgan fingerprint density at radius 3 is 2.46 bits per heavy atom. The molecule has 0 amide bonds. The number of fused-ring (bicyclic) bond motifs is 5. The quantitative estimate of drug-likeness (QED) is 0.257. The molecule has 0 bridgehead atoms. The predicted octanol–water partition coefficient (Wildman–Crippen LogP) is 6.72. The van der Waals surface area contributed by atoms with Crippen LogP contribution in [-0.4, -0.2) is 38.2 Å². The number of benzene rings is 1. The van der Waals surface area contributed by atoms with Crippen LogP contribution in [0, 0.1) is 34.5 Å². The lowest BCUT2D eigenvalue weighted by Gasteiger charge is -2.60. The molecule has 7 nitrogen and oxygen atoms in total. The van der Waals surface area contributed by atoms with E-state index < -0.39 is 13.6 Å². The van der Waals surface area contributed by atoms with Crippen molar-refractivity contribution in [2.75, 3.05) is 20.3 Å². The van der Waals surface area contributed by atoms with Crippen molar-refractivity contribution >= 4 is 24.7 Å². The first kappa shape index (κ1) is 28.8. The van der Waals surface area contributed by atoms with Crippen molar-refractivity contribution in [2.24, 2.45) is 34.5 Å². The first-order valence-electron chi connectivity index (χ1n) is 14.9. The molecular formula is C31H45O7P. The molecule has 0 heterocycles. The van der Waals surface area contributed by atoms with Gasteiger partial charge in [0.05, 0.1) is 25.9 Å². The highest BCUT2D eigenvalue weighted by Crippen LogP contribution is 2.65. The van der Waals surface area contributed by atoms with Gasteiger partial charge in [0.2, 0.25) is 0 Å². The van der Waals surface area contributed by atoms with Gasteiger partial charge < -0.3 is 18.5 Å². The van der Waals surface area contributed by atoms with E-state index in [4.69, 9.17) is 18.5 Å². The van der Waals surface area contributed by atoms with Crippen LogP contribution in [0.5, 0.6) is 5.75 Å². The molecule has 5 rings (SSSR count). The lowest BCUT2D eigenvalue weighted by molar-refractivity contribution is -0.122. The summed E-state index contributed by atoms with van der Waals surface area (Å²) in [5.41, 5.74) is 0.771. The molecule has 1 unspecified atom stereocenters. The second kappa shape index (κ2) is 10.9. The molecule has 1 aromatic rings. The van der Waals surface area contributed by atoms with E-state index in [-0.39, 0.29) is 35.5 Å². The van der Waals surface area contributed by atoms with Gasteiger partial charge in [-0.15, -0.1) is 0 Å². The largest absolute Gasteiger partial charge is 0.496 e. The minimum atomic E-state index is -3.65. The molecule has 4 saturated carbocycles. The molecule has 4 aliphatic rings. The number of esters is 1. The number of rotatable bonds is 8. The molecule has 0 aromatic heterocycles. The summed E-state index contributed by atoms with van der Waals surface area (Å²) in [6.45, 7) is 8.74. The van der Waals surface area contributed by atoms with Gasteiger partial charge in [-0.3, -0.25) is 9.36 Å². The molecule has 39 heavy (non-hydrogen) atoms. The monoisotopic (exact) mass is 560 g/mol. The average molecular weight is 561 g/mol. The van der Waals surface area contributed by atoms with Crippen LogP contribution in [0.15, 0.2) is 18.2 Å². The zero-order valence-electron chi connectivity index (χ0n) is 24.2. The fourth-order valence-electron chi connectivity index (χ4n) is 8.87. The van der Waals surface area contributed by atoms with Gasteiger partial charge in [-0.1, -0.05) is 13.8 Å². The smallest absolute Gasteiger partial charge is 0.365 e. The number of methoxy groups -OCH3 is 1. The highest BCUT2D eigenvalue weighted by molar-refractivity contribution is 7.62. The molecule has 1 aromatic carbocycles. The van der Waals surface area contributed by atoms with E-state index in [0.717, 1.165) is 38.5 Å². The number of ether oxygens (including phenoxy) is 2. The van der Waals surface area contributed by atoms with Gasteiger partial charge in [-0.05, 0) is 111 Å². The maximum Gasteiger partial charge on any atom is 0.365 e. The van der Waals surface area contributed by atoms with Crippen LogP contribution in [0.4, 0.5) is 0 Å². The Balaban J connectivity index is 1.29. The second-order valence-corrected chi connectivity index (χ2v) is 14.8. The van der Waals surface area contributed by atoms with Crippen molar-refractivity contribution in [3.63, 3.8) is 0 Å². The van der Waals surface area contributed by atoms with Gasteiger partial charge in [0.15, 0.2) is 0 Å². The van der Waals surface area contributed by atoms with Gasteiger partial charge in [-0.25, -0.2) is 4.79 Å². The summed E-state index contributed by atoms with van der Waals surface area (Å²) in [6.07, 6.45) is 8.91. The predicted molar refractivity (Wildman–Crippen MR) is 149 cm³/mol. The molecule has 0 N–H and O–H groups in total. The Labute approximate surface area is 233 Å². The van der Waals surface area contributed by atoms with Crippen LogP contribution in [-0.2, 0) is 23.1 Å². The molecule has 216 valence electrons. The van der Waals surface area contributed by atoms with E-state index in [2.05, 4.69) is 13.8 Å². The summed E-state index contributed by atoms with van der Waals surface area (Å²) < 4.78 is 36.0. The third kappa shape index (κ3) is 5.13. The highest BCUT2D eigenvalue weighted by Gasteiger charge is 2.59. The Hall–Kier alpha value is -1.69. The van der Waals surface area contributed by atoms with Crippen molar-refractivity contribution in [1.29, 1.82) is 0 Å². The standard InChI is InChI=1S/C31H45O7P/c1-6-36-39(34,37-7-2)28-16-20(8-11-27(28)35-5)29(33)38-23-12-15-31(4)21(17-23)9-10-24-25(31)13-14-30(3)19-22(32)18-26(24)30/h8,11,16,21,23-26H,6-7,9-10,12-15,17-19H2,1-5H3/t21?,23-,24+,25-,26-,30+,31-/m0/s1. The Bertz CT molecular complexity index is 1140. The number of Topliss-reactive ketones (excluding diaryl/α,β-unsaturated/α-hetero) is 1. The van der Waals surface area contributed by atoms with Crippen molar-refractivity contribution < 1.29 is 32.7 Å². The summed E-state index contributed by atoms with van der Waals surface area (Å²) >= 11 is 0. The minimum Gasteiger partial charge on any atom is -0.496 e. The lowest BCUT2D eigenvalue weighted by Crippen LogP contribution is -2.53. The van der Waals surface area contributed by atoms with Crippen molar-refractivity contribution in [2.45, 2.75) is 91.6 Å². The van der Waals surface area contributed by atoms with E-state index in [0.29, 0.717) is 40.8 Å². The molecule has 4 aliphatic carbocycles. The zero-order chi connectivity index (χ0) is 28.0. The second-order valence-electron chi connectivity index (χ2n) is 12.8. The Morgan fingerprint density at radius 1 is 1.03 bits per heavy atom. The fourth-order valence-corrected chi connectivity index (χ4v) is 10.6. The van der Waals surface area contributed by atoms with Crippen LogP contribution in [0.3, 0.4) is 0 Å². The highest BCUT2D eigenvalue weighted by atomic mass is 31.2. The molecule has 0 saturated heterocycles. The average Bonchev–Trinajstić information content (AvgIpc) is 3.22. The number of ketones is 1. The number of carbonyl (C=O) groups excluding carboxylic acids is 2. The molecule has 7 atom stereocenters. The van der Waals surface area contributed by atoms with Gasteiger partial charge in [0.25, 0.3) is 0 Å². The van der Waals surface area contributed by atoms with E-state index in [9.17, 15) is 14.2 Å². The van der Waals surface area contributed by atoms with Crippen LogP contribution in [0.2, 0.25) is 0 Å².